The van der Waals surface area contributed by atoms with E-state index in [4.69, 9.17) is 9.47 Å². The molecule has 3 heterocycles. The Bertz CT molecular complexity index is 501. The monoisotopic (exact) mass is 368 g/mol. The molecule has 0 bridgehead atoms. The van der Waals surface area contributed by atoms with Crippen molar-refractivity contribution in [1.29, 1.82) is 0 Å². The predicted octanol–water partition coefficient (Wildman–Crippen LogP) is 2.22. The maximum absolute atomic E-state index is 11.8. The fourth-order valence-electron chi connectivity index (χ4n) is 3.20. The van der Waals surface area contributed by atoms with Gasteiger partial charge in [0.15, 0.2) is 0 Å². The van der Waals surface area contributed by atoms with E-state index in [1.165, 1.54) is 0 Å². The van der Waals surface area contributed by atoms with Gasteiger partial charge in [0, 0.05) is 43.2 Å². The molecule has 1 spiro atoms. The quantitative estimate of drug-likeness (QED) is 0.771. The van der Waals surface area contributed by atoms with Gasteiger partial charge in [-0.3, -0.25) is 9.59 Å². The standard InChI is InChI=1S/C10H17NO2.C10H19NO2/c1-9(2,3)8(12)11-4-10(5-11)6-13-7-10;1-10(2,3)9(12)11-8-4-6-13-7-5-8/h4-7H2,1-3H3;8H,4-7H2,1-3H3,(H,11,12). The molecular formula is C20H36N2O4. The van der Waals surface area contributed by atoms with Crippen LogP contribution in [0, 0.1) is 16.2 Å². The first-order valence-corrected chi connectivity index (χ1v) is 9.69. The van der Waals surface area contributed by atoms with Crippen molar-refractivity contribution in [2.24, 2.45) is 16.2 Å². The molecule has 0 aliphatic carbocycles. The van der Waals surface area contributed by atoms with Gasteiger partial charge in [-0.25, -0.2) is 0 Å². The molecule has 26 heavy (non-hydrogen) atoms. The van der Waals surface area contributed by atoms with Crippen LogP contribution in [0.25, 0.3) is 0 Å². The molecule has 0 radical (unpaired) electrons. The van der Waals surface area contributed by atoms with E-state index in [0.717, 1.165) is 52.4 Å². The average Bonchev–Trinajstić information content (AvgIpc) is 2.44. The van der Waals surface area contributed by atoms with Crippen LogP contribution >= 0.6 is 0 Å². The molecule has 0 aromatic rings. The van der Waals surface area contributed by atoms with Crippen molar-refractivity contribution in [2.45, 2.75) is 60.4 Å². The van der Waals surface area contributed by atoms with Crippen LogP contribution in [0.15, 0.2) is 0 Å². The van der Waals surface area contributed by atoms with Crippen LogP contribution in [-0.2, 0) is 19.1 Å². The van der Waals surface area contributed by atoms with Crippen LogP contribution in [0.5, 0.6) is 0 Å². The van der Waals surface area contributed by atoms with E-state index in [1.54, 1.807) is 0 Å². The molecule has 0 atom stereocenters. The number of amides is 2. The normalized spacial score (nSPS) is 22.6. The highest BCUT2D eigenvalue weighted by atomic mass is 16.5. The minimum absolute atomic E-state index is 0.138. The van der Waals surface area contributed by atoms with Crippen molar-refractivity contribution in [2.75, 3.05) is 39.5 Å². The van der Waals surface area contributed by atoms with Gasteiger partial charge in [0.05, 0.1) is 18.6 Å². The van der Waals surface area contributed by atoms with Gasteiger partial charge in [-0.15, -0.1) is 0 Å². The van der Waals surface area contributed by atoms with Gasteiger partial charge in [0.1, 0.15) is 0 Å². The number of ether oxygens (including phenoxy) is 2. The fraction of sp³-hybridized carbons (Fsp3) is 0.900. The first-order valence-electron chi connectivity index (χ1n) is 9.69. The zero-order valence-corrected chi connectivity index (χ0v) is 17.3. The number of carbonyl (C=O) groups excluding carboxylic acids is 2. The molecule has 2 amide bonds. The maximum atomic E-state index is 11.8. The molecule has 0 unspecified atom stereocenters. The zero-order valence-electron chi connectivity index (χ0n) is 17.3. The second kappa shape index (κ2) is 7.85. The van der Waals surface area contributed by atoms with Crippen molar-refractivity contribution >= 4 is 11.8 Å². The van der Waals surface area contributed by atoms with Crippen molar-refractivity contribution in [3.8, 4) is 0 Å². The summed E-state index contributed by atoms with van der Waals surface area (Å²) in [5.74, 6) is 0.407. The molecule has 0 saturated carbocycles. The Balaban J connectivity index is 0.000000187. The Hall–Kier alpha value is -1.14. The third kappa shape index (κ3) is 5.43. The van der Waals surface area contributed by atoms with E-state index in [9.17, 15) is 9.59 Å². The fourth-order valence-corrected chi connectivity index (χ4v) is 3.20. The van der Waals surface area contributed by atoms with Gasteiger partial charge in [-0.1, -0.05) is 41.5 Å². The van der Waals surface area contributed by atoms with Crippen molar-refractivity contribution in [3.05, 3.63) is 0 Å². The molecule has 3 rings (SSSR count). The molecule has 3 saturated heterocycles. The third-order valence-corrected chi connectivity index (χ3v) is 5.04. The van der Waals surface area contributed by atoms with Gasteiger partial charge < -0.3 is 19.7 Å². The van der Waals surface area contributed by atoms with Crippen LogP contribution in [0.4, 0.5) is 0 Å². The largest absolute Gasteiger partial charge is 0.381 e. The number of hydrogen-bond donors (Lipinski definition) is 1. The van der Waals surface area contributed by atoms with Crippen molar-refractivity contribution in [3.63, 3.8) is 0 Å². The summed E-state index contributed by atoms with van der Waals surface area (Å²) in [6.07, 6.45) is 1.89. The molecule has 6 heteroatoms. The molecule has 0 aromatic heterocycles. The second-order valence-electron chi connectivity index (χ2n) is 10.0. The Morgan fingerprint density at radius 2 is 1.46 bits per heavy atom. The molecule has 3 fully saturated rings. The minimum atomic E-state index is -0.279. The number of carbonyl (C=O) groups is 2. The molecule has 6 nitrogen and oxygen atoms in total. The van der Waals surface area contributed by atoms with Gasteiger partial charge in [-0.2, -0.15) is 0 Å². The SMILES string of the molecule is CC(C)(C)C(=O)N1CC2(COC2)C1.CC(C)(C)C(=O)NC1CCOCC1. The lowest BCUT2D eigenvalue weighted by atomic mass is 9.76. The van der Waals surface area contributed by atoms with Crippen molar-refractivity contribution < 1.29 is 19.1 Å². The predicted molar refractivity (Wildman–Crippen MR) is 101 cm³/mol. The van der Waals surface area contributed by atoms with Crippen LogP contribution < -0.4 is 5.32 Å². The summed E-state index contributed by atoms with van der Waals surface area (Å²) in [6.45, 7) is 16.8. The second-order valence-corrected chi connectivity index (χ2v) is 10.0. The number of hydrogen-bond acceptors (Lipinski definition) is 4. The molecule has 1 N–H and O–H groups in total. The highest BCUT2D eigenvalue weighted by Crippen LogP contribution is 2.39. The number of likely N-dealkylation sites (tertiary alicyclic amines) is 1. The van der Waals surface area contributed by atoms with Crippen LogP contribution in [0.2, 0.25) is 0 Å². The van der Waals surface area contributed by atoms with Crippen LogP contribution in [-0.4, -0.2) is 62.3 Å². The minimum Gasteiger partial charge on any atom is -0.381 e. The number of nitrogens with zero attached hydrogens (tertiary/aromatic N) is 1. The Morgan fingerprint density at radius 3 is 1.85 bits per heavy atom. The van der Waals surface area contributed by atoms with Gasteiger partial charge in [-0.05, 0) is 12.8 Å². The topological polar surface area (TPSA) is 67.9 Å². The summed E-state index contributed by atoms with van der Waals surface area (Å²) in [5, 5.41) is 3.04. The van der Waals surface area contributed by atoms with E-state index >= 15 is 0 Å². The van der Waals surface area contributed by atoms with E-state index in [-0.39, 0.29) is 22.6 Å². The third-order valence-electron chi connectivity index (χ3n) is 5.04. The van der Waals surface area contributed by atoms with E-state index in [1.807, 2.05) is 46.4 Å². The van der Waals surface area contributed by atoms with Crippen molar-refractivity contribution in [1.82, 2.24) is 10.2 Å². The Morgan fingerprint density at radius 1 is 0.923 bits per heavy atom. The van der Waals surface area contributed by atoms with Crippen LogP contribution in [0.3, 0.4) is 0 Å². The average molecular weight is 369 g/mol. The van der Waals surface area contributed by atoms with Crippen LogP contribution in [0.1, 0.15) is 54.4 Å². The van der Waals surface area contributed by atoms with E-state index < -0.39 is 0 Å². The summed E-state index contributed by atoms with van der Waals surface area (Å²) in [7, 11) is 0. The first kappa shape index (κ1) is 21.2. The highest BCUT2D eigenvalue weighted by molar-refractivity contribution is 5.82. The summed E-state index contributed by atoms with van der Waals surface area (Å²) in [6, 6.07) is 0.320. The highest BCUT2D eigenvalue weighted by Gasteiger charge is 2.51. The van der Waals surface area contributed by atoms with E-state index in [2.05, 4.69) is 5.32 Å². The molecule has 3 aliphatic rings. The molecular weight excluding hydrogens is 332 g/mol. The summed E-state index contributed by atoms with van der Waals surface area (Å²) in [4.78, 5) is 25.3. The Kier molecular flexibility index (Phi) is 6.39. The molecule has 3 aliphatic heterocycles. The van der Waals surface area contributed by atoms with E-state index in [0.29, 0.717) is 11.5 Å². The summed E-state index contributed by atoms with van der Waals surface area (Å²) < 4.78 is 10.4. The lowest BCUT2D eigenvalue weighted by molar-refractivity contribution is -0.199. The smallest absolute Gasteiger partial charge is 0.227 e. The van der Waals surface area contributed by atoms with Gasteiger partial charge in [0.25, 0.3) is 0 Å². The maximum Gasteiger partial charge on any atom is 0.227 e. The van der Waals surface area contributed by atoms with Gasteiger partial charge in [0.2, 0.25) is 11.8 Å². The van der Waals surface area contributed by atoms with Gasteiger partial charge >= 0.3 is 0 Å². The zero-order chi connectivity index (χ0) is 19.6. The summed E-state index contributed by atoms with van der Waals surface area (Å²) in [5.41, 5.74) is -0.161. The summed E-state index contributed by atoms with van der Waals surface area (Å²) >= 11 is 0. The molecule has 0 aromatic carbocycles. The Labute approximate surface area is 158 Å². The number of rotatable bonds is 1. The first-order chi connectivity index (χ1) is 11.9. The molecule has 150 valence electrons. The lowest BCUT2D eigenvalue weighted by Crippen LogP contribution is -2.68. The lowest BCUT2D eigenvalue weighted by Gasteiger charge is -2.56. The number of nitrogens with one attached hydrogen (secondary N) is 1.